The highest BCUT2D eigenvalue weighted by molar-refractivity contribution is 9.15. The van der Waals surface area contributed by atoms with Gasteiger partial charge in [-0.2, -0.15) is 10.5 Å². The molecule has 0 aromatic heterocycles. The first kappa shape index (κ1) is 13.9. The highest BCUT2D eigenvalue weighted by atomic mass is 79.9. The summed E-state index contributed by atoms with van der Waals surface area (Å²) in [7, 11) is 0. The molecule has 0 spiro atoms. The van der Waals surface area contributed by atoms with E-state index in [-0.39, 0.29) is 5.57 Å². The summed E-state index contributed by atoms with van der Waals surface area (Å²) in [6.45, 7) is 0. The minimum atomic E-state index is 0.0433. The largest absolute Gasteiger partial charge is 0.457 e. The third-order valence-corrected chi connectivity index (χ3v) is 3.38. The van der Waals surface area contributed by atoms with Crippen molar-refractivity contribution in [3.63, 3.8) is 0 Å². The van der Waals surface area contributed by atoms with Crippen molar-refractivity contribution in [2.75, 3.05) is 0 Å². The zero-order valence-electron chi connectivity index (χ0n) is 10.4. The molecular formula is C16H9BrN2O. The number of benzene rings is 2. The molecule has 96 valence electrons. The molecule has 2 aromatic carbocycles. The first-order valence-electron chi connectivity index (χ1n) is 5.78. The van der Waals surface area contributed by atoms with Gasteiger partial charge in [-0.1, -0.05) is 30.3 Å². The molecule has 0 N–H and O–H groups in total. The Morgan fingerprint density at radius 1 is 0.850 bits per heavy atom. The Bertz CT molecular complexity index is 691. The van der Waals surface area contributed by atoms with Gasteiger partial charge in [0.1, 0.15) is 29.2 Å². The Morgan fingerprint density at radius 3 is 1.95 bits per heavy atom. The van der Waals surface area contributed by atoms with Crippen molar-refractivity contribution >= 4 is 20.4 Å². The summed E-state index contributed by atoms with van der Waals surface area (Å²) in [5.74, 6) is 1.44. The third-order valence-electron chi connectivity index (χ3n) is 2.53. The molecule has 0 saturated heterocycles. The fraction of sp³-hybridized carbons (Fsp3) is 0. The van der Waals surface area contributed by atoms with Crippen molar-refractivity contribution < 1.29 is 4.74 Å². The second kappa shape index (κ2) is 6.56. The maximum Gasteiger partial charge on any atom is 0.144 e. The van der Waals surface area contributed by atoms with Gasteiger partial charge in [-0.3, -0.25) is 0 Å². The van der Waals surface area contributed by atoms with Crippen LogP contribution in [0.3, 0.4) is 0 Å². The number of allylic oxidation sites excluding steroid dienone is 1. The zero-order chi connectivity index (χ0) is 14.4. The molecule has 0 aliphatic rings. The van der Waals surface area contributed by atoms with E-state index in [1.807, 2.05) is 42.5 Å². The van der Waals surface area contributed by atoms with Crippen molar-refractivity contribution in [1.82, 2.24) is 0 Å². The van der Waals surface area contributed by atoms with E-state index in [1.54, 1.807) is 24.3 Å². The molecule has 4 heteroatoms. The Kier molecular flexibility index (Phi) is 4.55. The molecule has 0 saturated carbocycles. The van der Waals surface area contributed by atoms with Crippen molar-refractivity contribution in [1.29, 1.82) is 10.5 Å². The second-order valence-corrected chi connectivity index (χ2v) is 4.65. The average Bonchev–Trinajstić information content (AvgIpc) is 2.50. The number of nitrogens with zero attached hydrogens (tertiary/aromatic N) is 2. The molecule has 20 heavy (non-hydrogen) atoms. The van der Waals surface area contributed by atoms with Crippen LogP contribution in [0.5, 0.6) is 11.5 Å². The Labute approximate surface area is 125 Å². The van der Waals surface area contributed by atoms with Crippen LogP contribution in [0.4, 0.5) is 0 Å². The molecule has 0 unspecified atom stereocenters. The lowest BCUT2D eigenvalue weighted by atomic mass is 10.1. The molecule has 0 aliphatic heterocycles. The minimum absolute atomic E-state index is 0.0433. The van der Waals surface area contributed by atoms with E-state index >= 15 is 0 Å². The Balaban J connectivity index is 2.22. The Morgan fingerprint density at radius 2 is 1.40 bits per heavy atom. The summed E-state index contributed by atoms with van der Waals surface area (Å²) in [5, 5.41) is 17.6. The quantitative estimate of drug-likeness (QED) is 0.773. The van der Waals surface area contributed by atoms with Crippen molar-refractivity contribution in [3.8, 4) is 23.6 Å². The van der Waals surface area contributed by atoms with Crippen LogP contribution in [-0.4, -0.2) is 0 Å². The molecule has 0 radical (unpaired) electrons. The van der Waals surface area contributed by atoms with Crippen molar-refractivity contribution in [2.24, 2.45) is 0 Å². The normalized spacial score (nSPS) is 9.15. The monoisotopic (exact) mass is 324 g/mol. The first-order valence-corrected chi connectivity index (χ1v) is 6.57. The van der Waals surface area contributed by atoms with Gasteiger partial charge in [0.2, 0.25) is 0 Å². The van der Waals surface area contributed by atoms with Gasteiger partial charge < -0.3 is 4.74 Å². The van der Waals surface area contributed by atoms with Gasteiger partial charge >= 0.3 is 0 Å². The van der Waals surface area contributed by atoms with Gasteiger partial charge in [0.05, 0.1) is 4.48 Å². The SMILES string of the molecule is N#CC(C#N)=C(Br)c1ccc(Oc2ccccc2)cc1. The van der Waals surface area contributed by atoms with Crippen LogP contribution in [0.15, 0.2) is 60.2 Å². The van der Waals surface area contributed by atoms with E-state index in [9.17, 15) is 0 Å². The van der Waals surface area contributed by atoms with Gasteiger partial charge in [-0.15, -0.1) is 0 Å². The second-order valence-electron chi connectivity index (χ2n) is 3.85. The molecule has 0 bridgehead atoms. The highest BCUT2D eigenvalue weighted by Crippen LogP contribution is 2.28. The van der Waals surface area contributed by atoms with E-state index in [4.69, 9.17) is 15.3 Å². The summed E-state index contributed by atoms with van der Waals surface area (Å²) in [6.07, 6.45) is 0. The molecule has 0 heterocycles. The summed E-state index contributed by atoms with van der Waals surface area (Å²) < 4.78 is 6.15. The van der Waals surface area contributed by atoms with Gasteiger partial charge in [0, 0.05) is 0 Å². The summed E-state index contributed by atoms with van der Waals surface area (Å²) >= 11 is 3.26. The van der Waals surface area contributed by atoms with Gasteiger partial charge in [-0.25, -0.2) is 0 Å². The average molecular weight is 325 g/mol. The fourth-order valence-electron chi connectivity index (χ4n) is 1.56. The molecule has 0 atom stereocenters. The number of hydrogen-bond donors (Lipinski definition) is 0. The number of rotatable bonds is 3. The van der Waals surface area contributed by atoms with Crippen LogP contribution in [0.25, 0.3) is 4.48 Å². The van der Waals surface area contributed by atoms with Crippen LogP contribution in [-0.2, 0) is 0 Å². The van der Waals surface area contributed by atoms with Crippen LogP contribution in [0.2, 0.25) is 0 Å². The van der Waals surface area contributed by atoms with Crippen LogP contribution >= 0.6 is 15.9 Å². The van der Waals surface area contributed by atoms with Crippen molar-refractivity contribution in [2.45, 2.75) is 0 Å². The van der Waals surface area contributed by atoms with Crippen LogP contribution in [0, 0.1) is 22.7 Å². The van der Waals surface area contributed by atoms with Gasteiger partial charge in [0.25, 0.3) is 0 Å². The fourth-order valence-corrected chi connectivity index (χ4v) is 2.00. The molecule has 2 aromatic rings. The smallest absolute Gasteiger partial charge is 0.144 e. The molecule has 0 aliphatic carbocycles. The maximum atomic E-state index is 8.82. The summed E-state index contributed by atoms with van der Waals surface area (Å²) in [5.41, 5.74) is 0.797. The van der Waals surface area contributed by atoms with Crippen molar-refractivity contribution in [3.05, 3.63) is 65.7 Å². The number of hydrogen-bond acceptors (Lipinski definition) is 3. The third kappa shape index (κ3) is 3.26. The predicted molar refractivity (Wildman–Crippen MR) is 80.0 cm³/mol. The molecule has 3 nitrogen and oxygen atoms in total. The predicted octanol–water partition coefficient (Wildman–Crippen LogP) is 4.63. The van der Waals surface area contributed by atoms with E-state index in [0.29, 0.717) is 10.2 Å². The lowest BCUT2D eigenvalue weighted by Gasteiger charge is -2.06. The standard InChI is InChI=1S/C16H9BrN2O/c17-16(13(10-18)11-19)12-6-8-15(9-7-12)20-14-4-2-1-3-5-14/h1-9H. The van der Waals surface area contributed by atoms with E-state index in [2.05, 4.69) is 15.9 Å². The van der Waals surface area contributed by atoms with E-state index in [0.717, 1.165) is 11.3 Å². The molecule has 2 rings (SSSR count). The van der Waals surface area contributed by atoms with Crippen LogP contribution in [0.1, 0.15) is 5.56 Å². The minimum Gasteiger partial charge on any atom is -0.457 e. The lowest BCUT2D eigenvalue weighted by molar-refractivity contribution is 0.482. The zero-order valence-corrected chi connectivity index (χ0v) is 12.0. The topological polar surface area (TPSA) is 56.8 Å². The lowest BCUT2D eigenvalue weighted by Crippen LogP contribution is -1.85. The summed E-state index contributed by atoms with van der Waals surface area (Å²) in [6, 6.07) is 20.3. The maximum absolute atomic E-state index is 8.82. The number of ether oxygens (including phenoxy) is 1. The Hall–Kier alpha value is -2.56. The van der Waals surface area contributed by atoms with E-state index < -0.39 is 0 Å². The van der Waals surface area contributed by atoms with Crippen LogP contribution < -0.4 is 4.74 Å². The van der Waals surface area contributed by atoms with Gasteiger partial charge in [-0.05, 0) is 45.8 Å². The van der Waals surface area contributed by atoms with Gasteiger partial charge in [0.15, 0.2) is 0 Å². The molecular weight excluding hydrogens is 316 g/mol. The number of halogens is 1. The molecule has 0 amide bonds. The van der Waals surface area contributed by atoms with E-state index in [1.165, 1.54) is 0 Å². The first-order chi connectivity index (χ1) is 9.74. The molecule has 0 fully saturated rings. The summed E-state index contributed by atoms with van der Waals surface area (Å²) in [4.78, 5) is 0. The number of nitriles is 2. The highest BCUT2D eigenvalue weighted by Gasteiger charge is 2.06. The number of para-hydroxylation sites is 1.